The number of thiophene rings is 1. The van der Waals surface area contributed by atoms with Gasteiger partial charge in [-0.2, -0.15) is 0 Å². The van der Waals surface area contributed by atoms with Crippen LogP contribution in [0, 0.1) is 0 Å². The standard InChI is InChI=1S/C19H24ClN3OS/c1-2-22(14-17-9-10-18(20)25-17)19(24)21-15-7-6-8-16(13-15)23-11-4-3-5-12-23/h6-10,13H,2-5,11-12,14H2,1H3,(H,21,24). The molecule has 1 aliphatic rings. The number of rotatable bonds is 5. The molecule has 0 unspecified atom stereocenters. The zero-order valence-corrected chi connectivity index (χ0v) is 16.1. The topological polar surface area (TPSA) is 35.6 Å². The molecule has 0 radical (unpaired) electrons. The van der Waals surface area contributed by atoms with Crippen LogP contribution in [0.1, 0.15) is 31.1 Å². The Morgan fingerprint density at radius 2 is 2.04 bits per heavy atom. The van der Waals surface area contributed by atoms with E-state index in [1.165, 1.54) is 36.3 Å². The van der Waals surface area contributed by atoms with E-state index in [0.717, 1.165) is 28.0 Å². The maximum atomic E-state index is 12.6. The molecule has 2 amide bonds. The van der Waals surface area contributed by atoms with Gasteiger partial charge in [0.25, 0.3) is 0 Å². The van der Waals surface area contributed by atoms with Gasteiger partial charge in [-0.1, -0.05) is 17.7 Å². The van der Waals surface area contributed by atoms with Crippen LogP contribution in [-0.4, -0.2) is 30.6 Å². The quantitative estimate of drug-likeness (QED) is 0.752. The minimum Gasteiger partial charge on any atom is -0.371 e. The molecule has 0 aliphatic carbocycles. The van der Waals surface area contributed by atoms with E-state index in [4.69, 9.17) is 11.6 Å². The zero-order chi connectivity index (χ0) is 17.6. The lowest BCUT2D eigenvalue weighted by molar-refractivity contribution is 0.212. The Labute approximate surface area is 158 Å². The first-order valence-corrected chi connectivity index (χ1v) is 10.0. The molecule has 1 aliphatic heterocycles. The van der Waals surface area contributed by atoms with Crippen LogP contribution in [0.5, 0.6) is 0 Å². The number of nitrogens with zero attached hydrogens (tertiary/aromatic N) is 2. The van der Waals surface area contributed by atoms with E-state index in [9.17, 15) is 4.79 Å². The van der Waals surface area contributed by atoms with Crippen molar-refractivity contribution < 1.29 is 4.79 Å². The Balaban J connectivity index is 1.64. The number of urea groups is 1. The fourth-order valence-corrected chi connectivity index (χ4v) is 4.19. The average Bonchev–Trinajstić information content (AvgIpc) is 3.05. The fourth-order valence-electron chi connectivity index (χ4n) is 3.09. The molecule has 2 aromatic rings. The van der Waals surface area contributed by atoms with Gasteiger partial charge in [-0.3, -0.25) is 0 Å². The number of carbonyl (C=O) groups is 1. The molecule has 134 valence electrons. The Hall–Kier alpha value is -1.72. The molecule has 1 aromatic carbocycles. The predicted octanol–water partition coefficient (Wildman–Crippen LogP) is 5.45. The first kappa shape index (κ1) is 18.1. The predicted molar refractivity (Wildman–Crippen MR) is 107 cm³/mol. The summed E-state index contributed by atoms with van der Waals surface area (Å²) < 4.78 is 0.751. The number of carbonyl (C=O) groups excluding carboxylic acids is 1. The maximum Gasteiger partial charge on any atom is 0.322 e. The van der Waals surface area contributed by atoms with Crippen molar-refractivity contribution in [3.63, 3.8) is 0 Å². The molecular weight excluding hydrogens is 354 g/mol. The second-order valence-electron chi connectivity index (χ2n) is 6.25. The van der Waals surface area contributed by atoms with Crippen LogP contribution in [0.3, 0.4) is 0 Å². The van der Waals surface area contributed by atoms with Gasteiger partial charge in [0.1, 0.15) is 0 Å². The molecule has 1 N–H and O–H groups in total. The summed E-state index contributed by atoms with van der Waals surface area (Å²) in [5.41, 5.74) is 2.03. The van der Waals surface area contributed by atoms with E-state index in [2.05, 4.69) is 22.3 Å². The van der Waals surface area contributed by atoms with Crippen LogP contribution in [0.25, 0.3) is 0 Å². The Morgan fingerprint density at radius 3 is 2.72 bits per heavy atom. The van der Waals surface area contributed by atoms with Crippen molar-refractivity contribution in [3.8, 4) is 0 Å². The molecule has 1 saturated heterocycles. The molecular formula is C19H24ClN3OS. The summed E-state index contributed by atoms with van der Waals surface area (Å²) in [6.07, 6.45) is 3.79. The number of halogens is 1. The van der Waals surface area contributed by atoms with Crippen LogP contribution in [-0.2, 0) is 6.54 Å². The van der Waals surface area contributed by atoms with E-state index < -0.39 is 0 Å². The second kappa shape index (κ2) is 8.59. The third kappa shape index (κ3) is 4.89. The van der Waals surface area contributed by atoms with Gasteiger partial charge in [0, 0.05) is 35.9 Å². The van der Waals surface area contributed by atoms with Crippen molar-refractivity contribution in [1.82, 2.24) is 4.90 Å². The Kier molecular flexibility index (Phi) is 6.21. The van der Waals surface area contributed by atoms with Crippen molar-refractivity contribution in [3.05, 3.63) is 45.6 Å². The van der Waals surface area contributed by atoms with Gasteiger partial charge in [0.05, 0.1) is 10.9 Å². The van der Waals surface area contributed by atoms with E-state index in [-0.39, 0.29) is 6.03 Å². The van der Waals surface area contributed by atoms with Gasteiger partial charge in [-0.15, -0.1) is 11.3 Å². The lowest BCUT2D eigenvalue weighted by atomic mass is 10.1. The normalized spacial score (nSPS) is 14.4. The van der Waals surface area contributed by atoms with E-state index in [1.54, 1.807) is 4.90 Å². The van der Waals surface area contributed by atoms with Gasteiger partial charge in [0.2, 0.25) is 0 Å². The highest BCUT2D eigenvalue weighted by Gasteiger charge is 2.15. The van der Waals surface area contributed by atoms with Crippen molar-refractivity contribution in [2.24, 2.45) is 0 Å². The molecule has 3 rings (SSSR count). The van der Waals surface area contributed by atoms with Crippen molar-refractivity contribution in [2.75, 3.05) is 29.9 Å². The first-order chi connectivity index (χ1) is 12.2. The first-order valence-electron chi connectivity index (χ1n) is 8.81. The zero-order valence-electron chi connectivity index (χ0n) is 14.5. The van der Waals surface area contributed by atoms with Gasteiger partial charge in [0.15, 0.2) is 0 Å². The van der Waals surface area contributed by atoms with Crippen LogP contribution in [0.15, 0.2) is 36.4 Å². The summed E-state index contributed by atoms with van der Waals surface area (Å²) in [5.74, 6) is 0. The lowest BCUT2D eigenvalue weighted by Gasteiger charge is -2.29. The largest absolute Gasteiger partial charge is 0.371 e. The molecule has 25 heavy (non-hydrogen) atoms. The molecule has 1 aromatic heterocycles. The number of hydrogen-bond acceptors (Lipinski definition) is 3. The number of piperidine rings is 1. The van der Waals surface area contributed by atoms with Crippen molar-refractivity contribution in [2.45, 2.75) is 32.7 Å². The number of benzene rings is 1. The van der Waals surface area contributed by atoms with Gasteiger partial charge in [-0.05, 0) is 56.5 Å². The minimum absolute atomic E-state index is 0.0807. The fraction of sp³-hybridized carbons (Fsp3) is 0.421. The highest BCUT2D eigenvalue weighted by atomic mass is 35.5. The summed E-state index contributed by atoms with van der Waals surface area (Å²) >= 11 is 7.50. The van der Waals surface area contributed by atoms with Crippen LogP contribution >= 0.6 is 22.9 Å². The molecule has 2 heterocycles. The van der Waals surface area contributed by atoms with Gasteiger partial charge < -0.3 is 15.1 Å². The third-order valence-electron chi connectivity index (χ3n) is 4.46. The highest BCUT2D eigenvalue weighted by Crippen LogP contribution is 2.25. The Morgan fingerprint density at radius 1 is 1.24 bits per heavy atom. The average molecular weight is 378 g/mol. The van der Waals surface area contributed by atoms with Crippen LogP contribution < -0.4 is 10.2 Å². The number of amides is 2. The summed E-state index contributed by atoms with van der Waals surface area (Å²) in [7, 11) is 0. The summed E-state index contributed by atoms with van der Waals surface area (Å²) in [6.45, 7) is 5.40. The van der Waals surface area contributed by atoms with Gasteiger partial charge >= 0.3 is 6.03 Å². The number of hydrogen-bond donors (Lipinski definition) is 1. The second-order valence-corrected chi connectivity index (χ2v) is 8.05. The number of nitrogens with one attached hydrogen (secondary N) is 1. The van der Waals surface area contributed by atoms with E-state index in [0.29, 0.717) is 13.1 Å². The molecule has 0 atom stereocenters. The van der Waals surface area contributed by atoms with Crippen molar-refractivity contribution in [1.29, 1.82) is 0 Å². The smallest absolute Gasteiger partial charge is 0.322 e. The maximum absolute atomic E-state index is 12.6. The molecule has 1 fully saturated rings. The number of anilines is 2. The highest BCUT2D eigenvalue weighted by molar-refractivity contribution is 7.16. The molecule has 0 saturated carbocycles. The van der Waals surface area contributed by atoms with Crippen molar-refractivity contribution >= 4 is 40.3 Å². The van der Waals surface area contributed by atoms with Gasteiger partial charge in [-0.25, -0.2) is 4.79 Å². The van der Waals surface area contributed by atoms with E-state index >= 15 is 0 Å². The molecule has 4 nitrogen and oxygen atoms in total. The molecule has 0 spiro atoms. The lowest BCUT2D eigenvalue weighted by Crippen LogP contribution is -2.34. The summed E-state index contributed by atoms with van der Waals surface area (Å²) in [6, 6.07) is 11.9. The minimum atomic E-state index is -0.0807. The van der Waals surface area contributed by atoms with Crippen LogP contribution in [0.2, 0.25) is 4.34 Å². The van der Waals surface area contributed by atoms with E-state index in [1.807, 2.05) is 31.2 Å². The summed E-state index contributed by atoms with van der Waals surface area (Å²) in [5, 5.41) is 3.03. The third-order valence-corrected chi connectivity index (χ3v) is 5.68. The molecule has 6 heteroatoms. The summed E-state index contributed by atoms with van der Waals surface area (Å²) in [4.78, 5) is 17.9. The SMILES string of the molecule is CCN(Cc1ccc(Cl)s1)C(=O)Nc1cccc(N2CCCCC2)c1. The Bertz CT molecular complexity index is 712. The monoisotopic (exact) mass is 377 g/mol. The molecule has 0 bridgehead atoms. The van der Waals surface area contributed by atoms with Crippen LogP contribution in [0.4, 0.5) is 16.2 Å².